The summed E-state index contributed by atoms with van der Waals surface area (Å²) in [6.07, 6.45) is 19.4. The molecule has 0 radical (unpaired) electrons. The molecule has 2 heteroatoms. The highest BCUT2D eigenvalue weighted by molar-refractivity contribution is 4.84. The summed E-state index contributed by atoms with van der Waals surface area (Å²) in [7, 11) is 0. The lowest BCUT2D eigenvalue weighted by Gasteiger charge is -2.27. The van der Waals surface area contributed by atoms with Crippen molar-refractivity contribution in [3.8, 4) is 0 Å². The highest BCUT2D eigenvalue weighted by Crippen LogP contribution is 2.29. The molecule has 0 aromatic heterocycles. The first-order valence-corrected chi connectivity index (χ1v) is 9.36. The van der Waals surface area contributed by atoms with Gasteiger partial charge in [0.05, 0.1) is 0 Å². The summed E-state index contributed by atoms with van der Waals surface area (Å²) < 4.78 is 0. The van der Waals surface area contributed by atoms with Crippen molar-refractivity contribution in [3.63, 3.8) is 0 Å². The highest BCUT2D eigenvalue weighted by atomic mass is 16.2. The molecule has 0 aliphatic heterocycles. The fourth-order valence-corrected chi connectivity index (χ4v) is 4.08. The molecule has 0 bridgehead atoms. The van der Waals surface area contributed by atoms with E-state index in [2.05, 4.69) is 17.1 Å². The van der Waals surface area contributed by atoms with Crippen LogP contribution in [0.1, 0.15) is 70.6 Å². The van der Waals surface area contributed by atoms with Crippen LogP contribution in [0, 0.1) is 11.8 Å². The van der Waals surface area contributed by atoms with Crippen molar-refractivity contribution < 1.29 is 5.11 Å². The van der Waals surface area contributed by atoms with E-state index in [9.17, 15) is 0 Å². The Balaban J connectivity index is 1.69. The number of aliphatic hydroxyl groups is 1. The minimum atomic E-state index is 0.319. The second-order valence-electron chi connectivity index (χ2n) is 7.19. The monoisotopic (exact) mass is 293 g/mol. The molecule has 0 heterocycles. The second kappa shape index (κ2) is 10.4. The van der Waals surface area contributed by atoms with Crippen LogP contribution < -0.4 is 0 Å². The van der Waals surface area contributed by atoms with Gasteiger partial charge < -0.3 is 10.0 Å². The molecule has 1 N–H and O–H groups in total. The zero-order valence-corrected chi connectivity index (χ0v) is 13.8. The van der Waals surface area contributed by atoms with E-state index in [0.717, 1.165) is 24.7 Å². The quantitative estimate of drug-likeness (QED) is 0.477. The van der Waals surface area contributed by atoms with Gasteiger partial charge in [0.15, 0.2) is 0 Å². The molecule has 2 fully saturated rings. The molecule has 0 aromatic rings. The van der Waals surface area contributed by atoms with Gasteiger partial charge in [-0.3, -0.25) is 0 Å². The van der Waals surface area contributed by atoms with E-state index in [0.29, 0.717) is 6.61 Å². The second-order valence-corrected chi connectivity index (χ2v) is 7.19. The Labute approximate surface area is 131 Å². The van der Waals surface area contributed by atoms with Crippen LogP contribution in [0.25, 0.3) is 0 Å². The van der Waals surface area contributed by atoms with Crippen molar-refractivity contribution in [1.82, 2.24) is 4.90 Å². The maximum Gasteiger partial charge on any atom is 0.0433 e. The zero-order valence-electron chi connectivity index (χ0n) is 13.8. The third kappa shape index (κ3) is 6.97. The van der Waals surface area contributed by atoms with Gasteiger partial charge in [-0.2, -0.15) is 0 Å². The van der Waals surface area contributed by atoms with Gasteiger partial charge in [0.25, 0.3) is 0 Å². The number of allylic oxidation sites excluding steroid dienone is 1. The number of unbranched alkanes of at least 4 members (excludes halogenated alkanes) is 1. The summed E-state index contributed by atoms with van der Waals surface area (Å²) >= 11 is 0. The fraction of sp³-hybridized carbons (Fsp3) is 0.895. The fourth-order valence-electron chi connectivity index (χ4n) is 4.08. The maximum atomic E-state index is 8.79. The molecule has 2 rings (SSSR count). The van der Waals surface area contributed by atoms with E-state index in [1.807, 2.05) is 0 Å². The zero-order chi connectivity index (χ0) is 14.8. The smallest absolute Gasteiger partial charge is 0.0433 e. The van der Waals surface area contributed by atoms with Crippen LogP contribution in [0.4, 0.5) is 0 Å². The van der Waals surface area contributed by atoms with Gasteiger partial charge in [-0.05, 0) is 56.8 Å². The molecular formula is C19H35NO. The lowest BCUT2D eigenvalue weighted by molar-refractivity contribution is 0.202. The van der Waals surface area contributed by atoms with E-state index in [-0.39, 0.29) is 0 Å². The van der Waals surface area contributed by atoms with Crippen LogP contribution in [-0.2, 0) is 0 Å². The molecular weight excluding hydrogens is 258 g/mol. The molecule has 2 saturated carbocycles. The molecule has 2 aliphatic carbocycles. The normalized spacial score (nSPS) is 21.2. The molecule has 122 valence electrons. The first kappa shape index (κ1) is 17.0. The Morgan fingerprint density at radius 2 is 1.33 bits per heavy atom. The molecule has 21 heavy (non-hydrogen) atoms. The van der Waals surface area contributed by atoms with Crippen molar-refractivity contribution in [2.24, 2.45) is 11.8 Å². The first-order chi connectivity index (χ1) is 10.4. The summed E-state index contributed by atoms with van der Waals surface area (Å²) in [5, 5.41) is 8.79. The number of aliphatic hydroxyl groups excluding tert-OH is 1. The Kier molecular flexibility index (Phi) is 8.43. The average molecular weight is 293 g/mol. The van der Waals surface area contributed by atoms with Gasteiger partial charge in [-0.1, -0.05) is 37.8 Å². The molecule has 0 aromatic carbocycles. The highest BCUT2D eigenvalue weighted by Gasteiger charge is 2.22. The van der Waals surface area contributed by atoms with E-state index < -0.39 is 0 Å². The van der Waals surface area contributed by atoms with Crippen molar-refractivity contribution in [3.05, 3.63) is 12.2 Å². The topological polar surface area (TPSA) is 23.5 Å². The van der Waals surface area contributed by atoms with Crippen molar-refractivity contribution in [2.45, 2.75) is 70.6 Å². The van der Waals surface area contributed by atoms with E-state index >= 15 is 0 Å². The largest absolute Gasteiger partial charge is 0.396 e. The van der Waals surface area contributed by atoms with Gasteiger partial charge >= 0.3 is 0 Å². The molecule has 0 saturated heterocycles. The van der Waals surface area contributed by atoms with Crippen molar-refractivity contribution in [1.29, 1.82) is 0 Å². The predicted molar refractivity (Wildman–Crippen MR) is 90.4 cm³/mol. The Morgan fingerprint density at radius 3 is 1.86 bits per heavy atom. The van der Waals surface area contributed by atoms with Gasteiger partial charge in [0, 0.05) is 26.2 Å². The Morgan fingerprint density at radius 1 is 0.810 bits per heavy atom. The summed E-state index contributed by atoms with van der Waals surface area (Å²) in [5.74, 6) is 1.95. The van der Waals surface area contributed by atoms with Crippen molar-refractivity contribution in [2.75, 3.05) is 26.2 Å². The lowest BCUT2D eigenvalue weighted by atomic mass is 10.0. The van der Waals surface area contributed by atoms with Crippen LogP contribution in [0.5, 0.6) is 0 Å². The predicted octanol–water partition coefficient (Wildman–Crippen LogP) is 4.39. The molecule has 2 nitrogen and oxygen atoms in total. The molecule has 0 atom stereocenters. The number of nitrogens with zero attached hydrogens (tertiary/aromatic N) is 1. The SMILES string of the molecule is OCCCC=CCCN(CC1CCCC1)CC1CCCC1. The van der Waals surface area contributed by atoms with E-state index in [1.165, 1.54) is 77.4 Å². The third-order valence-electron chi connectivity index (χ3n) is 5.29. The Hall–Kier alpha value is -0.340. The molecule has 0 amide bonds. The van der Waals surface area contributed by atoms with Gasteiger partial charge in [0.2, 0.25) is 0 Å². The first-order valence-electron chi connectivity index (χ1n) is 9.36. The maximum absolute atomic E-state index is 8.79. The summed E-state index contributed by atoms with van der Waals surface area (Å²) in [5.41, 5.74) is 0. The standard InChI is InChI=1S/C19H35NO/c21-15-9-3-1-2-8-14-20(16-18-10-4-5-11-18)17-19-12-6-7-13-19/h1-2,18-19,21H,3-17H2. The van der Waals surface area contributed by atoms with E-state index in [4.69, 9.17) is 5.11 Å². The number of hydrogen-bond acceptors (Lipinski definition) is 2. The van der Waals surface area contributed by atoms with Crippen LogP contribution in [-0.4, -0.2) is 36.2 Å². The van der Waals surface area contributed by atoms with Gasteiger partial charge in [0.1, 0.15) is 0 Å². The average Bonchev–Trinajstić information content (AvgIpc) is 3.16. The summed E-state index contributed by atoms with van der Waals surface area (Å²) in [4.78, 5) is 2.77. The van der Waals surface area contributed by atoms with Crippen LogP contribution >= 0.6 is 0 Å². The summed E-state index contributed by atoms with van der Waals surface area (Å²) in [6.45, 7) is 4.25. The van der Waals surface area contributed by atoms with Crippen LogP contribution in [0.2, 0.25) is 0 Å². The minimum Gasteiger partial charge on any atom is -0.396 e. The number of rotatable bonds is 10. The van der Waals surface area contributed by atoms with Crippen LogP contribution in [0.15, 0.2) is 12.2 Å². The molecule has 0 spiro atoms. The van der Waals surface area contributed by atoms with E-state index in [1.54, 1.807) is 0 Å². The third-order valence-corrected chi connectivity index (χ3v) is 5.29. The van der Waals surface area contributed by atoms with Crippen LogP contribution in [0.3, 0.4) is 0 Å². The Bertz CT molecular complexity index is 259. The minimum absolute atomic E-state index is 0.319. The molecule has 0 unspecified atom stereocenters. The lowest BCUT2D eigenvalue weighted by Crippen LogP contribution is -2.33. The number of hydrogen-bond donors (Lipinski definition) is 1. The van der Waals surface area contributed by atoms with Gasteiger partial charge in [-0.15, -0.1) is 0 Å². The van der Waals surface area contributed by atoms with Gasteiger partial charge in [-0.25, -0.2) is 0 Å². The summed E-state index contributed by atoms with van der Waals surface area (Å²) in [6, 6.07) is 0. The van der Waals surface area contributed by atoms with Crippen molar-refractivity contribution >= 4 is 0 Å². The molecule has 2 aliphatic rings.